The Kier molecular flexibility index (Phi) is 2.54. The molecule has 0 aliphatic carbocycles. The van der Waals surface area contributed by atoms with Gasteiger partial charge in [-0.25, -0.2) is 0 Å². The third kappa shape index (κ3) is 1.57. The van der Waals surface area contributed by atoms with Crippen LogP contribution in [0.25, 0.3) is 0 Å². The second-order valence-electron chi connectivity index (χ2n) is 5.39. The van der Waals surface area contributed by atoms with Gasteiger partial charge in [-0.2, -0.15) is 0 Å². The molecule has 1 heterocycles. The van der Waals surface area contributed by atoms with Crippen LogP contribution >= 0.6 is 0 Å². The predicted octanol–water partition coefficient (Wildman–Crippen LogP) is 2.59. The first-order valence-corrected chi connectivity index (χ1v) is 5.91. The molecule has 0 bridgehead atoms. The Morgan fingerprint density at radius 2 is 1.88 bits per heavy atom. The summed E-state index contributed by atoms with van der Waals surface area (Å²) in [6.07, 6.45) is -0.509. The molecule has 1 atom stereocenters. The van der Waals surface area contributed by atoms with E-state index in [-0.39, 0.29) is 5.91 Å². The third-order valence-corrected chi connectivity index (χ3v) is 3.87. The van der Waals surface area contributed by atoms with Crippen molar-refractivity contribution in [3.63, 3.8) is 0 Å². The first-order valence-electron chi connectivity index (χ1n) is 5.91. The summed E-state index contributed by atoms with van der Waals surface area (Å²) in [4.78, 5) is 11.9. The predicted molar refractivity (Wildman–Crippen MR) is 68.2 cm³/mol. The normalized spacial score (nSPS) is 18.8. The molecule has 1 aliphatic heterocycles. The fourth-order valence-corrected chi connectivity index (χ4v) is 2.42. The number of carbonyl (C=O) groups is 1. The molecule has 2 rings (SSSR count). The lowest BCUT2D eigenvalue weighted by molar-refractivity contribution is -0.119. The van der Waals surface area contributed by atoms with E-state index in [4.69, 9.17) is 0 Å². The standard InChI is InChI=1S/C14H19NO2/c1-7-8(2)12-11(6-10(7)9(3)16)14(4,5)13(17)15-12/h6,9,16H,1-5H3,(H,15,17). The summed E-state index contributed by atoms with van der Waals surface area (Å²) < 4.78 is 0. The van der Waals surface area contributed by atoms with E-state index in [9.17, 15) is 9.90 Å². The Bertz CT molecular complexity index is 501. The number of amides is 1. The molecule has 0 saturated heterocycles. The van der Waals surface area contributed by atoms with E-state index in [1.54, 1.807) is 6.92 Å². The fraction of sp³-hybridized carbons (Fsp3) is 0.500. The molecular formula is C14H19NO2. The minimum absolute atomic E-state index is 0.0257. The summed E-state index contributed by atoms with van der Waals surface area (Å²) in [5, 5.41) is 12.7. The van der Waals surface area contributed by atoms with Crippen LogP contribution in [0.1, 0.15) is 49.1 Å². The molecule has 1 amide bonds. The molecule has 3 nitrogen and oxygen atoms in total. The molecule has 0 spiro atoms. The van der Waals surface area contributed by atoms with E-state index in [1.807, 2.05) is 33.8 Å². The molecule has 1 aromatic carbocycles. The zero-order valence-electron chi connectivity index (χ0n) is 11.0. The maximum absolute atomic E-state index is 11.9. The maximum Gasteiger partial charge on any atom is 0.234 e. The topological polar surface area (TPSA) is 49.3 Å². The Labute approximate surface area is 102 Å². The van der Waals surface area contributed by atoms with Gasteiger partial charge in [0.05, 0.1) is 11.5 Å². The number of anilines is 1. The number of hydrogen-bond donors (Lipinski definition) is 2. The SMILES string of the molecule is Cc1c(C(C)O)cc2c(c1C)NC(=O)C2(C)C. The van der Waals surface area contributed by atoms with Crippen molar-refractivity contribution in [1.29, 1.82) is 0 Å². The lowest BCUT2D eigenvalue weighted by Gasteiger charge is -2.19. The summed E-state index contributed by atoms with van der Waals surface area (Å²) in [5.41, 5.74) is 4.40. The van der Waals surface area contributed by atoms with Gasteiger partial charge in [-0.3, -0.25) is 4.79 Å². The van der Waals surface area contributed by atoms with Crippen LogP contribution in [-0.4, -0.2) is 11.0 Å². The van der Waals surface area contributed by atoms with E-state index in [2.05, 4.69) is 5.32 Å². The van der Waals surface area contributed by atoms with Crippen LogP contribution in [0, 0.1) is 13.8 Å². The van der Waals surface area contributed by atoms with Crippen LogP contribution in [0.2, 0.25) is 0 Å². The van der Waals surface area contributed by atoms with Gasteiger partial charge in [0.1, 0.15) is 0 Å². The average Bonchev–Trinajstić information content (AvgIpc) is 2.45. The number of benzene rings is 1. The third-order valence-electron chi connectivity index (χ3n) is 3.87. The van der Waals surface area contributed by atoms with Gasteiger partial charge in [-0.05, 0) is 62.9 Å². The van der Waals surface area contributed by atoms with Crippen molar-refractivity contribution >= 4 is 11.6 Å². The van der Waals surface area contributed by atoms with Gasteiger partial charge in [0.2, 0.25) is 5.91 Å². The van der Waals surface area contributed by atoms with Crippen LogP contribution in [-0.2, 0) is 10.2 Å². The van der Waals surface area contributed by atoms with Crippen molar-refractivity contribution in [1.82, 2.24) is 0 Å². The van der Waals surface area contributed by atoms with Crippen molar-refractivity contribution in [2.45, 2.75) is 46.1 Å². The van der Waals surface area contributed by atoms with Crippen molar-refractivity contribution < 1.29 is 9.90 Å². The smallest absolute Gasteiger partial charge is 0.234 e. The number of hydrogen-bond acceptors (Lipinski definition) is 2. The Morgan fingerprint density at radius 3 is 2.41 bits per heavy atom. The highest BCUT2D eigenvalue weighted by molar-refractivity contribution is 6.06. The molecular weight excluding hydrogens is 214 g/mol. The van der Waals surface area contributed by atoms with Gasteiger partial charge in [-0.15, -0.1) is 0 Å². The molecule has 17 heavy (non-hydrogen) atoms. The quantitative estimate of drug-likeness (QED) is 0.783. The molecule has 0 saturated carbocycles. The Balaban J connectivity index is 2.74. The molecule has 3 heteroatoms. The van der Waals surface area contributed by atoms with E-state index in [0.717, 1.165) is 27.9 Å². The second-order valence-corrected chi connectivity index (χ2v) is 5.39. The largest absolute Gasteiger partial charge is 0.389 e. The molecule has 1 unspecified atom stereocenters. The van der Waals surface area contributed by atoms with Crippen molar-refractivity contribution in [3.05, 3.63) is 28.3 Å². The average molecular weight is 233 g/mol. The zero-order valence-corrected chi connectivity index (χ0v) is 11.0. The van der Waals surface area contributed by atoms with Crippen LogP contribution in [0.5, 0.6) is 0 Å². The number of carbonyl (C=O) groups excluding carboxylic acids is 1. The summed E-state index contributed by atoms with van der Waals surface area (Å²) in [6.45, 7) is 9.55. The number of aliphatic hydroxyl groups is 1. The lowest BCUT2D eigenvalue weighted by Crippen LogP contribution is -2.26. The molecule has 2 N–H and O–H groups in total. The minimum Gasteiger partial charge on any atom is -0.389 e. The fourth-order valence-electron chi connectivity index (χ4n) is 2.42. The Morgan fingerprint density at radius 1 is 1.29 bits per heavy atom. The summed E-state index contributed by atoms with van der Waals surface area (Å²) in [6, 6.07) is 1.96. The monoisotopic (exact) mass is 233 g/mol. The van der Waals surface area contributed by atoms with Gasteiger partial charge >= 0.3 is 0 Å². The second kappa shape index (κ2) is 3.57. The lowest BCUT2D eigenvalue weighted by atomic mass is 9.82. The highest BCUT2D eigenvalue weighted by Gasteiger charge is 2.40. The van der Waals surface area contributed by atoms with Gasteiger partial charge in [0.15, 0.2) is 0 Å². The van der Waals surface area contributed by atoms with Crippen molar-refractivity contribution in [2.24, 2.45) is 0 Å². The number of nitrogens with one attached hydrogen (secondary N) is 1. The van der Waals surface area contributed by atoms with Crippen molar-refractivity contribution in [2.75, 3.05) is 5.32 Å². The van der Waals surface area contributed by atoms with Crippen LogP contribution in [0.15, 0.2) is 6.07 Å². The highest BCUT2D eigenvalue weighted by Crippen LogP contribution is 2.42. The van der Waals surface area contributed by atoms with Crippen LogP contribution in [0.4, 0.5) is 5.69 Å². The van der Waals surface area contributed by atoms with Gasteiger partial charge in [-0.1, -0.05) is 0 Å². The number of aliphatic hydroxyl groups excluding tert-OH is 1. The van der Waals surface area contributed by atoms with Crippen molar-refractivity contribution in [3.8, 4) is 0 Å². The molecule has 0 radical (unpaired) electrons. The van der Waals surface area contributed by atoms with E-state index >= 15 is 0 Å². The summed E-state index contributed by atoms with van der Waals surface area (Å²) >= 11 is 0. The van der Waals surface area contributed by atoms with Gasteiger partial charge < -0.3 is 10.4 Å². The zero-order chi connectivity index (χ0) is 13.0. The van der Waals surface area contributed by atoms with E-state index in [1.165, 1.54) is 0 Å². The summed E-state index contributed by atoms with van der Waals surface area (Å²) in [5.74, 6) is 0.0257. The minimum atomic E-state index is -0.516. The first kappa shape index (κ1) is 12.1. The first-order chi connectivity index (χ1) is 7.76. The molecule has 1 aromatic rings. The molecule has 92 valence electrons. The summed E-state index contributed by atoms with van der Waals surface area (Å²) in [7, 11) is 0. The van der Waals surface area contributed by atoms with Gasteiger partial charge in [0.25, 0.3) is 0 Å². The number of fused-ring (bicyclic) bond motifs is 1. The van der Waals surface area contributed by atoms with Crippen LogP contribution < -0.4 is 5.32 Å². The van der Waals surface area contributed by atoms with Gasteiger partial charge in [0, 0.05) is 5.69 Å². The molecule has 0 fully saturated rings. The molecule has 0 aromatic heterocycles. The molecule has 1 aliphatic rings. The maximum atomic E-state index is 11.9. The number of rotatable bonds is 1. The highest BCUT2D eigenvalue weighted by atomic mass is 16.3. The van der Waals surface area contributed by atoms with E-state index < -0.39 is 11.5 Å². The van der Waals surface area contributed by atoms with Crippen LogP contribution in [0.3, 0.4) is 0 Å². The van der Waals surface area contributed by atoms with E-state index in [0.29, 0.717) is 0 Å². The Hall–Kier alpha value is -1.35.